The molecule has 2 aliphatic rings. The summed E-state index contributed by atoms with van der Waals surface area (Å²) < 4.78 is 31.6. The maximum absolute atomic E-state index is 15.4. The van der Waals surface area contributed by atoms with Crippen molar-refractivity contribution in [3.8, 4) is 0 Å². The van der Waals surface area contributed by atoms with Crippen LogP contribution in [-0.2, 0) is 0 Å². The van der Waals surface area contributed by atoms with Gasteiger partial charge in [-0.1, -0.05) is 0 Å². The van der Waals surface area contributed by atoms with E-state index in [1.54, 1.807) is 18.7 Å². The van der Waals surface area contributed by atoms with Crippen LogP contribution in [0.1, 0.15) is 43.1 Å². The van der Waals surface area contributed by atoms with Crippen LogP contribution in [0, 0.1) is 11.6 Å². The first-order chi connectivity index (χ1) is 12.1. The van der Waals surface area contributed by atoms with Crippen LogP contribution in [0.5, 0.6) is 0 Å². The maximum Gasteiger partial charge on any atom is 0.341 e. The summed E-state index contributed by atoms with van der Waals surface area (Å²) in [5.74, 6) is -3.15. The van der Waals surface area contributed by atoms with E-state index in [-0.39, 0.29) is 28.7 Å². The molecule has 0 amide bonds. The predicted molar refractivity (Wildman–Crippen MR) is 92.8 cm³/mol. The van der Waals surface area contributed by atoms with Crippen LogP contribution >= 0.6 is 0 Å². The third kappa shape index (κ3) is 2.18. The highest BCUT2D eigenvalue weighted by molar-refractivity contribution is 5.94. The average Bonchev–Trinajstić information content (AvgIpc) is 3.39. The molecular formula is C18H19F2N3O3. The van der Waals surface area contributed by atoms with E-state index >= 15 is 4.39 Å². The van der Waals surface area contributed by atoms with Crippen molar-refractivity contribution < 1.29 is 18.7 Å². The highest BCUT2D eigenvalue weighted by Gasteiger charge is 2.46. The van der Waals surface area contributed by atoms with Crippen molar-refractivity contribution in [1.82, 2.24) is 4.57 Å². The first kappa shape index (κ1) is 17.0. The van der Waals surface area contributed by atoms with Gasteiger partial charge in [0.25, 0.3) is 0 Å². The Hall–Kier alpha value is -2.48. The van der Waals surface area contributed by atoms with E-state index in [0.717, 1.165) is 18.9 Å². The second kappa shape index (κ2) is 5.26. The van der Waals surface area contributed by atoms with Crippen molar-refractivity contribution in [3.63, 3.8) is 0 Å². The average molecular weight is 363 g/mol. The number of carboxylic acid groups (broad SMARTS) is 1. The lowest BCUT2D eigenvalue weighted by molar-refractivity contribution is 0.0695. The summed E-state index contributed by atoms with van der Waals surface area (Å²) >= 11 is 0. The quantitative estimate of drug-likeness (QED) is 0.873. The molecule has 2 aromatic rings. The Labute approximate surface area is 147 Å². The zero-order chi connectivity index (χ0) is 19.0. The van der Waals surface area contributed by atoms with Gasteiger partial charge in [0.15, 0.2) is 5.82 Å². The van der Waals surface area contributed by atoms with Gasteiger partial charge in [0, 0.05) is 24.8 Å². The predicted octanol–water partition coefficient (Wildman–Crippen LogP) is 2.24. The van der Waals surface area contributed by atoms with Crippen molar-refractivity contribution in [1.29, 1.82) is 0 Å². The van der Waals surface area contributed by atoms with Gasteiger partial charge >= 0.3 is 5.97 Å². The summed E-state index contributed by atoms with van der Waals surface area (Å²) in [4.78, 5) is 25.4. The van der Waals surface area contributed by atoms with Crippen LogP contribution < -0.4 is 16.1 Å². The molecule has 1 aromatic carbocycles. The largest absolute Gasteiger partial charge is 0.477 e. The van der Waals surface area contributed by atoms with Crippen molar-refractivity contribution in [2.24, 2.45) is 5.73 Å². The van der Waals surface area contributed by atoms with Crippen molar-refractivity contribution >= 4 is 22.6 Å². The van der Waals surface area contributed by atoms with Gasteiger partial charge in [-0.25, -0.2) is 13.6 Å². The summed E-state index contributed by atoms with van der Waals surface area (Å²) in [6.45, 7) is 3.89. The van der Waals surface area contributed by atoms with Crippen molar-refractivity contribution in [2.75, 3.05) is 11.4 Å². The molecule has 138 valence electrons. The second-order valence-corrected chi connectivity index (χ2v) is 7.60. The highest BCUT2D eigenvalue weighted by atomic mass is 19.1. The molecule has 2 heterocycles. The Bertz CT molecular complexity index is 1010. The molecule has 1 aromatic heterocycles. The van der Waals surface area contributed by atoms with Gasteiger partial charge < -0.3 is 20.3 Å². The number of halogens is 2. The lowest BCUT2D eigenvalue weighted by Gasteiger charge is -2.55. The van der Waals surface area contributed by atoms with Gasteiger partial charge in [0.2, 0.25) is 5.43 Å². The number of nitrogens with zero attached hydrogens (tertiary/aromatic N) is 2. The molecule has 4 rings (SSSR count). The number of rotatable bonds is 3. The Kier molecular flexibility index (Phi) is 3.43. The molecule has 1 aliphatic carbocycles. The Morgan fingerprint density at radius 1 is 1.35 bits per heavy atom. The fraction of sp³-hybridized carbons (Fsp3) is 0.444. The molecule has 26 heavy (non-hydrogen) atoms. The summed E-state index contributed by atoms with van der Waals surface area (Å²) in [7, 11) is 0. The Morgan fingerprint density at radius 2 is 2.00 bits per heavy atom. The minimum atomic E-state index is -1.41. The zero-order valence-corrected chi connectivity index (χ0v) is 14.4. The Morgan fingerprint density at radius 3 is 2.50 bits per heavy atom. The van der Waals surface area contributed by atoms with E-state index in [2.05, 4.69) is 0 Å². The molecule has 2 fully saturated rings. The highest BCUT2D eigenvalue weighted by Crippen LogP contribution is 2.42. The zero-order valence-electron chi connectivity index (χ0n) is 14.4. The third-order valence-electron chi connectivity index (χ3n) is 5.61. The number of aromatic nitrogens is 1. The molecule has 0 spiro atoms. The van der Waals surface area contributed by atoms with Crippen LogP contribution in [0.15, 0.2) is 17.1 Å². The minimum Gasteiger partial charge on any atom is -0.477 e. The fourth-order valence-corrected chi connectivity index (χ4v) is 3.59. The summed E-state index contributed by atoms with van der Waals surface area (Å²) in [6.07, 6.45) is 2.68. The minimum absolute atomic E-state index is 0.0461. The van der Waals surface area contributed by atoms with Gasteiger partial charge in [-0.2, -0.15) is 0 Å². The van der Waals surface area contributed by atoms with E-state index in [1.807, 2.05) is 0 Å². The maximum atomic E-state index is 15.4. The topological polar surface area (TPSA) is 88.6 Å². The SMILES string of the molecule is CC1(C)[C@@H](N)CN1c1c(F)cc2c(=O)c(C(=O)O)cn(C3CC3)c2c1F. The van der Waals surface area contributed by atoms with Crippen LogP contribution in [0.2, 0.25) is 0 Å². The lowest BCUT2D eigenvalue weighted by atomic mass is 9.83. The smallest absolute Gasteiger partial charge is 0.341 e. The summed E-state index contributed by atoms with van der Waals surface area (Å²) in [6, 6.07) is 0.633. The Balaban J connectivity index is 2.04. The van der Waals surface area contributed by atoms with Gasteiger partial charge in [-0.05, 0) is 32.8 Å². The number of fused-ring (bicyclic) bond motifs is 1. The first-order valence-electron chi connectivity index (χ1n) is 8.48. The molecule has 0 bridgehead atoms. The van der Waals surface area contributed by atoms with E-state index in [9.17, 15) is 19.1 Å². The van der Waals surface area contributed by atoms with Crippen LogP contribution in [-0.4, -0.2) is 33.8 Å². The molecule has 6 nitrogen and oxygen atoms in total. The number of nitrogens with two attached hydrogens (primary N) is 1. The number of benzene rings is 1. The number of hydrogen-bond acceptors (Lipinski definition) is 4. The monoisotopic (exact) mass is 363 g/mol. The molecule has 1 atom stereocenters. The van der Waals surface area contributed by atoms with E-state index < -0.39 is 34.1 Å². The van der Waals surface area contributed by atoms with Gasteiger partial charge in [0.1, 0.15) is 17.1 Å². The molecule has 8 heteroatoms. The van der Waals surface area contributed by atoms with E-state index in [1.165, 1.54) is 10.8 Å². The van der Waals surface area contributed by atoms with Crippen molar-refractivity contribution in [3.05, 3.63) is 39.7 Å². The normalized spacial score (nSPS) is 21.7. The van der Waals surface area contributed by atoms with Gasteiger partial charge in [-0.3, -0.25) is 4.79 Å². The fourth-order valence-electron chi connectivity index (χ4n) is 3.59. The lowest BCUT2D eigenvalue weighted by Crippen LogP contribution is -2.72. The van der Waals surface area contributed by atoms with Crippen LogP contribution in [0.4, 0.5) is 14.5 Å². The molecule has 3 N–H and O–H groups in total. The van der Waals surface area contributed by atoms with E-state index in [0.29, 0.717) is 6.54 Å². The van der Waals surface area contributed by atoms with Crippen LogP contribution in [0.25, 0.3) is 10.9 Å². The van der Waals surface area contributed by atoms with Crippen LogP contribution in [0.3, 0.4) is 0 Å². The summed E-state index contributed by atoms with van der Waals surface area (Å²) in [5, 5.41) is 9.00. The number of aromatic carboxylic acids is 1. The van der Waals surface area contributed by atoms with Gasteiger partial charge in [-0.15, -0.1) is 0 Å². The number of carbonyl (C=O) groups is 1. The number of anilines is 1. The molecular weight excluding hydrogens is 344 g/mol. The molecule has 1 saturated heterocycles. The molecule has 1 saturated carbocycles. The first-order valence-corrected chi connectivity index (χ1v) is 8.48. The standard InChI is InChI=1S/C18H19F2N3O3/c1-18(2)12(21)7-23(18)15-11(19)5-9-14(13(15)20)22(8-3-4-8)6-10(16(9)24)17(25)26/h5-6,8,12H,3-4,7,21H2,1-2H3,(H,25,26)/t12-/m0/s1. The molecule has 1 aliphatic heterocycles. The van der Waals surface area contributed by atoms with Gasteiger partial charge in [0.05, 0.1) is 16.4 Å². The van der Waals surface area contributed by atoms with E-state index in [4.69, 9.17) is 5.73 Å². The summed E-state index contributed by atoms with van der Waals surface area (Å²) in [5.41, 5.74) is 3.70. The number of carboxylic acids is 1. The van der Waals surface area contributed by atoms with Crippen molar-refractivity contribution in [2.45, 2.75) is 44.3 Å². The third-order valence-corrected chi connectivity index (χ3v) is 5.61. The molecule has 0 radical (unpaired) electrons. The number of hydrogen-bond donors (Lipinski definition) is 2. The molecule has 0 unspecified atom stereocenters. The second-order valence-electron chi connectivity index (χ2n) is 7.60. The number of pyridine rings is 1.